The number of aromatic nitrogens is 2. The summed E-state index contributed by atoms with van der Waals surface area (Å²) in [6.45, 7) is 3.02. The predicted molar refractivity (Wildman–Crippen MR) is 74.6 cm³/mol. The Hall–Kier alpha value is -0.960. The van der Waals surface area contributed by atoms with Crippen LogP contribution in [0, 0.1) is 6.92 Å². The largest absolute Gasteiger partial charge is 0.378 e. The van der Waals surface area contributed by atoms with Gasteiger partial charge in [-0.1, -0.05) is 0 Å². The van der Waals surface area contributed by atoms with Crippen molar-refractivity contribution in [3.05, 3.63) is 11.3 Å². The van der Waals surface area contributed by atoms with E-state index in [1.165, 1.54) is 0 Å². The molecule has 2 rings (SSSR count). The van der Waals surface area contributed by atoms with Gasteiger partial charge in [0.05, 0.1) is 6.10 Å². The van der Waals surface area contributed by atoms with Gasteiger partial charge in [-0.2, -0.15) is 5.10 Å². The minimum atomic E-state index is -3.61. The number of rotatable bonds is 6. The van der Waals surface area contributed by atoms with Crippen molar-refractivity contribution >= 4 is 10.0 Å². The lowest BCUT2D eigenvalue weighted by atomic mass is 10.1. The molecule has 1 aromatic rings. The minimum absolute atomic E-state index is 0.00191. The van der Waals surface area contributed by atoms with Gasteiger partial charge in [-0.15, -0.1) is 0 Å². The molecule has 8 heteroatoms. The third-order valence-corrected chi connectivity index (χ3v) is 4.96. The first kappa shape index (κ1) is 15.4. The zero-order valence-corrected chi connectivity index (χ0v) is 12.5. The van der Waals surface area contributed by atoms with Gasteiger partial charge < -0.3 is 10.5 Å². The van der Waals surface area contributed by atoms with Gasteiger partial charge in [-0.25, -0.2) is 13.1 Å². The van der Waals surface area contributed by atoms with E-state index < -0.39 is 10.0 Å². The fourth-order valence-electron chi connectivity index (χ4n) is 2.35. The SMILES string of the molecule is Cc1[nH]nc(S(=O)(=O)NCCC2CCCCO2)c1CN. The summed E-state index contributed by atoms with van der Waals surface area (Å²) < 4.78 is 32.5. The van der Waals surface area contributed by atoms with Gasteiger partial charge in [0.2, 0.25) is 0 Å². The third-order valence-electron chi connectivity index (χ3n) is 3.53. The number of ether oxygens (including phenoxy) is 1. The molecule has 1 fully saturated rings. The lowest BCUT2D eigenvalue weighted by Gasteiger charge is -2.22. The van der Waals surface area contributed by atoms with E-state index in [0.29, 0.717) is 24.2 Å². The number of nitrogens with zero attached hydrogens (tertiary/aromatic N) is 1. The molecule has 0 bridgehead atoms. The molecule has 0 aliphatic carbocycles. The topological polar surface area (TPSA) is 110 Å². The van der Waals surface area contributed by atoms with Gasteiger partial charge in [0.25, 0.3) is 10.0 Å². The Morgan fingerprint density at radius 3 is 2.95 bits per heavy atom. The average molecular weight is 302 g/mol. The Labute approximate surface area is 119 Å². The number of H-pyrrole nitrogens is 1. The van der Waals surface area contributed by atoms with Crippen LogP contribution < -0.4 is 10.5 Å². The highest BCUT2D eigenvalue weighted by Gasteiger charge is 2.23. The summed E-state index contributed by atoms with van der Waals surface area (Å²) >= 11 is 0. The molecule has 1 aliphatic heterocycles. The molecule has 7 nitrogen and oxygen atoms in total. The highest BCUT2D eigenvalue weighted by atomic mass is 32.2. The molecular formula is C12H22N4O3S. The van der Waals surface area contributed by atoms with Crippen LogP contribution in [0.5, 0.6) is 0 Å². The zero-order chi connectivity index (χ0) is 14.6. The Morgan fingerprint density at radius 1 is 1.50 bits per heavy atom. The summed E-state index contributed by atoms with van der Waals surface area (Å²) in [7, 11) is -3.61. The quantitative estimate of drug-likeness (QED) is 0.705. The van der Waals surface area contributed by atoms with Crippen molar-refractivity contribution in [1.82, 2.24) is 14.9 Å². The molecule has 20 heavy (non-hydrogen) atoms. The van der Waals surface area contributed by atoms with Gasteiger partial charge in [-0.3, -0.25) is 5.10 Å². The van der Waals surface area contributed by atoms with Crippen LogP contribution in [0.4, 0.5) is 0 Å². The Morgan fingerprint density at radius 2 is 2.30 bits per heavy atom. The van der Waals surface area contributed by atoms with E-state index in [9.17, 15) is 8.42 Å². The maximum atomic E-state index is 12.2. The van der Waals surface area contributed by atoms with E-state index in [2.05, 4.69) is 14.9 Å². The molecule has 1 unspecified atom stereocenters. The van der Waals surface area contributed by atoms with Crippen molar-refractivity contribution in [2.75, 3.05) is 13.2 Å². The lowest BCUT2D eigenvalue weighted by Crippen LogP contribution is -2.30. The molecule has 2 heterocycles. The summed E-state index contributed by atoms with van der Waals surface area (Å²) in [6, 6.07) is 0. The number of nitrogens with two attached hydrogens (primary N) is 1. The Balaban J connectivity index is 1.93. The van der Waals surface area contributed by atoms with Crippen LogP contribution in [0.3, 0.4) is 0 Å². The fraction of sp³-hybridized carbons (Fsp3) is 0.750. The molecule has 1 aliphatic rings. The van der Waals surface area contributed by atoms with E-state index in [1.54, 1.807) is 6.92 Å². The normalized spacial score (nSPS) is 20.2. The van der Waals surface area contributed by atoms with Crippen molar-refractivity contribution in [3.63, 3.8) is 0 Å². The number of nitrogens with one attached hydrogen (secondary N) is 2. The van der Waals surface area contributed by atoms with Crippen molar-refractivity contribution in [2.45, 2.75) is 50.3 Å². The first-order chi connectivity index (χ1) is 9.54. The van der Waals surface area contributed by atoms with Crippen LogP contribution in [0.15, 0.2) is 5.03 Å². The molecule has 0 amide bonds. The van der Waals surface area contributed by atoms with Crippen LogP contribution >= 0.6 is 0 Å². The molecule has 1 aromatic heterocycles. The van der Waals surface area contributed by atoms with E-state index in [-0.39, 0.29) is 17.7 Å². The van der Waals surface area contributed by atoms with Crippen molar-refractivity contribution in [3.8, 4) is 0 Å². The number of hydrogen-bond acceptors (Lipinski definition) is 5. The zero-order valence-electron chi connectivity index (χ0n) is 11.7. The van der Waals surface area contributed by atoms with E-state index in [4.69, 9.17) is 10.5 Å². The summed E-state index contributed by atoms with van der Waals surface area (Å²) in [4.78, 5) is 0. The van der Waals surface area contributed by atoms with E-state index in [1.807, 2.05) is 0 Å². The van der Waals surface area contributed by atoms with Gasteiger partial charge in [0.15, 0.2) is 5.03 Å². The number of aryl methyl sites for hydroxylation is 1. The van der Waals surface area contributed by atoms with Gasteiger partial charge in [0, 0.05) is 31.0 Å². The second kappa shape index (κ2) is 6.66. The molecule has 0 spiro atoms. The molecular weight excluding hydrogens is 280 g/mol. The van der Waals surface area contributed by atoms with Crippen LogP contribution in [-0.4, -0.2) is 37.9 Å². The molecule has 1 saturated heterocycles. The third kappa shape index (κ3) is 3.57. The highest BCUT2D eigenvalue weighted by molar-refractivity contribution is 7.89. The smallest absolute Gasteiger partial charge is 0.260 e. The molecule has 1 atom stereocenters. The summed E-state index contributed by atoms with van der Waals surface area (Å²) in [5, 5.41) is 6.50. The standard InChI is InChI=1S/C12H22N4O3S/c1-9-11(8-13)12(16-15-9)20(17,18)14-6-5-10-4-2-3-7-19-10/h10,14H,2-8,13H2,1H3,(H,15,16). The number of hydrogen-bond donors (Lipinski definition) is 3. The lowest BCUT2D eigenvalue weighted by molar-refractivity contribution is 0.0123. The summed E-state index contributed by atoms with van der Waals surface area (Å²) in [5.74, 6) is 0. The van der Waals surface area contributed by atoms with Crippen molar-refractivity contribution < 1.29 is 13.2 Å². The summed E-state index contributed by atoms with van der Waals surface area (Å²) in [5.41, 5.74) is 6.78. The molecule has 0 saturated carbocycles. The first-order valence-electron chi connectivity index (χ1n) is 6.90. The van der Waals surface area contributed by atoms with Crippen LogP contribution in [-0.2, 0) is 21.3 Å². The molecule has 0 radical (unpaired) electrons. The second-order valence-corrected chi connectivity index (χ2v) is 6.69. The maximum Gasteiger partial charge on any atom is 0.260 e. The van der Waals surface area contributed by atoms with E-state index >= 15 is 0 Å². The Kier molecular flexibility index (Phi) is 5.14. The van der Waals surface area contributed by atoms with Gasteiger partial charge >= 0.3 is 0 Å². The van der Waals surface area contributed by atoms with Crippen LogP contribution in [0.25, 0.3) is 0 Å². The average Bonchev–Trinajstić information content (AvgIpc) is 2.81. The minimum Gasteiger partial charge on any atom is -0.378 e. The van der Waals surface area contributed by atoms with Gasteiger partial charge in [0.1, 0.15) is 0 Å². The first-order valence-corrected chi connectivity index (χ1v) is 8.38. The highest BCUT2D eigenvalue weighted by Crippen LogP contribution is 2.17. The molecule has 114 valence electrons. The maximum absolute atomic E-state index is 12.2. The summed E-state index contributed by atoms with van der Waals surface area (Å²) in [6.07, 6.45) is 4.07. The van der Waals surface area contributed by atoms with Crippen LogP contribution in [0.2, 0.25) is 0 Å². The van der Waals surface area contributed by atoms with Gasteiger partial charge in [-0.05, 0) is 32.6 Å². The predicted octanol–water partition coefficient (Wildman–Crippen LogP) is 0.414. The number of aromatic amines is 1. The van der Waals surface area contributed by atoms with Crippen molar-refractivity contribution in [1.29, 1.82) is 0 Å². The molecule has 4 N–H and O–H groups in total. The molecule has 0 aromatic carbocycles. The Bertz CT molecular complexity index is 535. The fourth-order valence-corrected chi connectivity index (χ4v) is 3.60. The second-order valence-electron chi connectivity index (χ2n) is 5.01. The van der Waals surface area contributed by atoms with Crippen molar-refractivity contribution in [2.24, 2.45) is 5.73 Å². The monoisotopic (exact) mass is 302 g/mol. The van der Waals surface area contributed by atoms with Crippen LogP contribution in [0.1, 0.15) is 36.9 Å². The number of sulfonamides is 1. The van der Waals surface area contributed by atoms with E-state index in [0.717, 1.165) is 25.9 Å².